The Hall–Kier alpha value is -2.52. The number of piperidine rings is 1. The van der Waals surface area contributed by atoms with Crippen LogP contribution in [-0.2, 0) is 7.05 Å². The third-order valence-electron chi connectivity index (χ3n) is 6.49. The predicted octanol–water partition coefficient (Wildman–Crippen LogP) is 3.20. The molecule has 0 aliphatic carbocycles. The molecule has 2 N–H and O–H groups in total. The number of rotatable bonds is 5. The van der Waals surface area contributed by atoms with E-state index in [4.69, 9.17) is 10.1 Å². The highest BCUT2D eigenvalue weighted by atomic mass is 32.1. The number of hydrogen-bond acceptors (Lipinski definition) is 7. The monoisotopic (exact) mass is 453 g/mol. The van der Waals surface area contributed by atoms with E-state index in [1.165, 1.54) is 43.4 Å². The van der Waals surface area contributed by atoms with E-state index in [1.807, 2.05) is 11.7 Å². The van der Waals surface area contributed by atoms with Crippen molar-refractivity contribution < 1.29 is 4.79 Å². The number of nitrogens with zero attached hydrogens (tertiary/aromatic N) is 5. The highest BCUT2D eigenvalue weighted by Crippen LogP contribution is 2.32. The van der Waals surface area contributed by atoms with Gasteiger partial charge in [0.1, 0.15) is 11.5 Å². The van der Waals surface area contributed by atoms with Gasteiger partial charge in [0.2, 0.25) is 0 Å². The molecule has 5 heterocycles. The number of anilines is 1. The first kappa shape index (κ1) is 21.3. The molecule has 8 nitrogen and oxygen atoms in total. The van der Waals surface area contributed by atoms with Crippen LogP contribution in [0.1, 0.15) is 48.3 Å². The molecule has 0 bridgehead atoms. The Bertz CT molecular complexity index is 1080. The van der Waals surface area contributed by atoms with Crippen LogP contribution in [0.2, 0.25) is 0 Å². The smallest absolute Gasteiger partial charge is 0.280 e. The lowest BCUT2D eigenvalue weighted by Gasteiger charge is -2.22. The summed E-state index contributed by atoms with van der Waals surface area (Å²) in [4.78, 5) is 25.2. The van der Waals surface area contributed by atoms with E-state index in [9.17, 15) is 4.79 Å². The third-order valence-corrected chi connectivity index (χ3v) is 7.49. The molecule has 1 unspecified atom stereocenters. The second-order valence-electron chi connectivity index (χ2n) is 8.87. The van der Waals surface area contributed by atoms with Crippen LogP contribution < -0.4 is 15.5 Å². The van der Waals surface area contributed by atoms with Gasteiger partial charge in [-0.3, -0.25) is 4.79 Å². The summed E-state index contributed by atoms with van der Waals surface area (Å²) in [5.41, 5.74) is 1.70. The summed E-state index contributed by atoms with van der Waals surface area (Å²) in [6.07, 6.45) is 9.12. The van der Waals surface area contributed by atoms with Gasteiger partial charge in [-0.15, -0.1) is 11.3 Å². The van der Waals surface area contributed by atoms with Gasteiger partial charge in [0.05, 0.1) is 4.88 Å². The number of carbonyl (C=O) groups is 1. The van der Waals surface area contributed by atoms with Gasteiger partial charge in [-0.05, 0) is 56.8 Å². The SMILES string of the molecule is Cn1nc(-c2cnc(C(=O)NCC3CCCNC3)s2)c2ccc(N3CCCCCC3)nc21. The predicted molar refractivity (Wildman–Crippen MR) is 128 cm³/mol. The van der Waals surface area contributed by atoms with E-state index in [2.05, 4.69) is 32.7 Å². The molecular formula is C23H31N7OS. The van der Waals surface area contributed by atoms with E-state index in [0.717, 1.165) is 60.0 Å². The average Bonchev–Trinajstić information content (AvgIpc) is 3.33. The molecule has 0 saturated carbocycles. The Morgan fingerprint density at radius 2 is 2.06 bits per heavy atom. The van der Waals surface area contributed by atoms with Crippen LogP contribution in [0.15, 0.2) is 18.3 Å². The first-order valence-electron chi connectivity index (χ1n) is 11.7. The Morgan fingerprint density at radius 1 is 1.22 bits per heavy atom. The number of thiazole rings is 1. The van der Waals surface area contributed by atoms with Crippen molar-refractivity contribution in [1.29, 1.82) is 0 Å². The number of carbonyl (C=O) groups excluding carboxylic acids is 1. The van der Waals surface area contributed by atoms with E-state index in [-0.39, 0.29) is 5.91 Å². The molecule has 5 rings (SSSR count). The third kappa shape index (κ3) is 4.49. The molecule has 170 valence electrons. The first-order valence-corrected chi connectivity index (χ1v) is 12.5. The fourth-order valence-electron chi connectivity index (χ4n) is 4.68. The van der Waals surface area contributed by atoms with Gasteiger partial charge in [0.25, 0.3) is 5.91 Å². The molecule has 3 aromatic rings. The summed E-state index contributed by atoms with van der Waals surface area (Å²) in [7, 11) is 1.93. The molecule has 2 aliphatic rings. The highest BCUT2D eigenvalue weighted by Gasteiger charge is 2.20. The van der Waals surface area contributed by atoms with Gasteiger partial charge in [-0.1, -0.05) is 12.8 Å². The zero-order chi connectivity index (χ0) is 21.9. The number of aryl methyl sites for hydroxylation is 1. The molecule has 1 atom stereocenters. The molecule has 9 heteroatoms. The van der Waals surface area contributed by atoms with Gasteiger partial charge in [0.15, 0.2) is 10.7 Å². The maximum atomic E-state index is 12.6. The van der Waals surface area contributed by atoms with Crippen molar-refractivity contribution in [3.05, 3.63) is 23.3 Å². The highest BCUT2D eigenvalue weighted by molar-refractivity contribution is 7.17. The van der Waals surface area contributed by atoms with E-state index in [1.54, 1.807) is 6.20 Å². The van der Waals surface area contributed by atoms with Crippen LogP contribution in [0, 0.1) is 5.92 Å². The van der Waals surface area contributed by atoms with Crippen LogP contribution in [0.5, 0.6) is 0 Å². The molecule has 2 saturated heterocycles. The van der Waals surface area contributed by atoms with Crippen LogP contribution in [0.25, 0.3) is 21.6 Å². The molecule has 0 radical (unpaired) electrons. The minimum Gasteiger partial charge on any atom is -0.357 e. The summed E-state index contributed by atoms with van der Waals surface area (Å²) >= 11 is 1.39. The molecular weight excluding hydrogens is 422 g/mol. The lowest BCUT2D eigenvalue weighted by molar-refractivity contribution is 0.0944. The normalized spacial score (nSPS) is 19.8. The van der Waals surface area contributed by atoms with Gasteiger partial charge in [0, 0.05) is 38.3 Å². The van der Waals surface area contributed by atoms with Crippen molar-refractivity contribution in [2.45, 2.75) is 38.5 Å². The second kappa shape index (κ2) is 9.54. The van der Waals surface area contributed by atoms with Gasteiger partial charge < -0.3 is 15.5 Å². The first-order chi connectivity index (χ1) is 15.7. The Morgan fingerprint density at radius 3 is 2.84 bits per heavy atom. The topological polar surface area (TPSA) is 88.0 Å². The Kier molecular flexibility index (Phi) is 6.36. The van der Waals surface area contributed by atoms with Crippen molar-refractivity contribution in [3.8, 4) is 10.6 Å². The molecule has 0 spiro atoms. The average molecular weight is 454 g/mol. The molecule has 2 fully saturated rings. The Labute approximate surface area is 192 Å². The summed E-state index contributed by atoms with van der Waals surface area (Å²) in [5, 5.41) is 12.6. The fourth-order valence-corrected chi connectivity index (χ4v) is 5.51. The van der Waals surface area contributed by atoms with Crippen molar-refractivity contribution in [1.82, 2.24) is 30.4 Å². The zero-order valence-corrected chi connectivity index (χ0v) is 19.5. The van der Waals surface area contributed by atoms with Gasteiger partial charge in [-0.2, -0.15) is 5.10 Å². The molecule has 2 aliphatic heterocycles. The lowest BCUT2D eigenvalue weighted by Crippen LogP contribution is -2.38. The minimum absolute atomic E-state index is 0.103. The van der Waals surface area contributed by atoms with E-state index in [0.29, 0.717) is 17.5 Å². The minimum atomic E-state index is -0.103. The van der Waals surface area contributed by atoms with Gasteiger partial charge >= 0.3 is 0 Å². The maximum absolute atomic E-state index is 12.6. The zero-order valence-electron chi connectivity index (χ0n) is 18.6. The van der Waals surface area contributed by atoms with Crippen LogP contribution in [0.4, 0.5) is 5.82 Å². The summed E-state index contributed by atoms with van der Waals surface area (Å²) in [6, 6.07) is 4.21. The number of nitrogens with one attached hydrogen (secondary N) is 2. The number of hydrogen-bond donors (Lipinski definition) is 2. The number of amides is 1. The van der Waals surface area contributed by atoms with Gasteiger partial charge in [-0.25, -0.2) is 14.6 Å². The van der Waals surface area contributed by atoms with Crippen LogP contribution in [-0.4, -0.2) is 58.4 Å². The van der Waals surface area contributed by atoms with Crippen molar-refractivity contribution >= 4 is 34.1 Å². The van der Waals surface area contributed by atoms with Crippen molar-refractivity contribution in [2.24, 2.45) is 13.0 Å². The lowest BCUT2D eigenvalue weighted by atomic mass is 10.00. The quantitative estimate of drug-likeness (QED) is 0.617. The van der Waals surface area contributed by atoms with Crippen molar-refractivity contribution in [3.63, 3.8) is 0 Å². The fraction of sp³-hybridized carbons (Fsp3) is 0.565. The van der Waals surface area contributed by atoms with Crippen molar-refractivity contribution in [2.75, 3.05) is 37.6 Å². The standard InChI is InChI=1S/C23H31N7OS/c1-29-21-17(8-9-19(27-21)30-11-4-2-3-5-12-30)20(28-29)18-15-26-23(32-18)22(31)25-14-16-7-6-10-24-13-16/h8-9,15-16,24H,2-7,10-14H2,1H3,(H,25,31). The number of pyridine rings is 1. The van der Waals surface area contributed by atoms with Crippen LogP contribution in [0.3, 0.4) is 0 Å². The second-order valence-corrected chi connectivity index (χ2v) is 9.90. The molecule has 1 amide bonds. The molecule has 0 aromatic carbocycles. The molecule has 3 aromatic heterocycles. The number of aromatic nitrogens is 4. The largest absolute Gasteiger partial charge is 0.357 e. The molecule has 32 heavy (non-hydrogen) atoms. The number of fused-ring (bicyclic) bond motifs is 1. The Balaban J connectivity index is 1.33. The van der Waals surface area contributed by atoms with E-state index >= 15 is 0 Å². The summed E-state index contributed by atoms with van der Waals surface area (Å²) in [5.74, 6) is 1.42. The summed E-state index contributed by atoms with van der Waals surface area (Å²) in [6.45, 7) is 4.86. The summed E-state index contributed by atoms with van der Waals surface area (Å²) < 4.78 is 1.83. The van der Waals surface area contributed by atoms with Crippen LogP contribution >= 0.6 is 11.3 Å². The van der Waals surface area contributed by atoms with E-state index < -0.39 is 0 Å². The maximum Gasteiger partial charge on any atom is 0.280 e.